The van der Waals surface area contributed by atoms with Gasteiger partial charge in [0, 0.05) is 16.0 Å². The second-order valence-electron chi connectivity index (χ2n) is 4.53. The fourth-order valence-electron chi connectivity index (χ4n) is 1.35. The number of aliphatic hydroxyl groups excluding tert-OH is 1. The molecule has 1 aromatic carbocycles. The number of carbonyl (C=O) groups is 1. The number of aliphatic hydroxyl groups is 1. The van der Waals surface area contributed by atoms with E-state index in [4.69, 9.17) is 11.6 Å². The fourth-order valence-corrected chi connectivity index (χ4v) is 2.18. The molecule has 1 unspecified atom stereocenters. The van der Waals surface area contributed by atoms with Gasteiger partial charge in [-0.05, 0) is 23.6 Å². The van der Waals surface area contributed by atoms with Gasteiger partial charge in [0.05, 0.1) is 12.5 Å². The Morgan fingerprint density at radius 3 is 2.72 bits per heavy atom. The average Bonchev–Trinajstić information content (AvgIpc) is 2.29. The van der Waals surface area contributed by atoms with E-state index in [9.17, 15) is 9.90 Å². The SMILES string of the molecule is CC(C)C(O)CNC(=O)Cc1ccc(Cl)cc1Br. The van der Waals surface area contributed by atoms with E-state index in [2.05, 4.69) is 21.2 Å². The molecule has 0 radical (unpaired) electrons. The molecule has 0 aromatic heterocycles. The summed E-state index contributed by atoms with van der Waals surface area (Å²) in [4.78, 5) is 11.7. The number of nitrogens with one attached hydrogen (secondary N) is 1. The van der Waals surface area contributed by atoms with Gasteiger partial charge in [-0.15, -0.1) is 0 Å². The molecule has 0 saturated heterocycles. The Bertz CT molecular complexity index is 423. The van der Waals surface area contributed by atoms with Gasteiger partial charge in [0.25, 0.3) is 0 Å². The minimum absolute atomic E-state index is 0.113. The lowest BCUT2D eigenvalue weighted by atomic mass is 10.1. The molecular formula is C13H17BrClNO2. The van der Waals surface area contributed by atoms with E-state index in [1.165, 1.54) is 0 Å². The summed E-state index contributed by atoms with van der Waals surface area (Å²) in [5, 5.41) is 12.9. The van der Waals surface area contributed by atoms with Crippen LogP contribution in [0.2, 0.25) is 5.02 Å². The van der Waals surface area contributed by atoms with Crippen molar-refractivity contribution in [2.45, 2.75) is 26.4 Å². The van der Waals surface area contributed by atoms with E-state index < -0.39 is 6.10 Å². The van der Waals surface area contributed by atoms with Gasteiger partial charge in [-0.2, -0.15) is 0 Å². The maximum atomic E-state index is 11.7. The summed E-state index contributed by atoms with van der Waals surface area (Å²) in [5.41, 5.74) is 0.871. The smallest absolute Gasteiger partial charge is 0.224 e. The average molecular weight is 335 g/mol. The van der Waals surface area contributed by atoms with Crippen LogP contribution in [-0.4, -0.2) is 23.7 Å². The van der Waals surface area contributed by atoms with Crippen molar-refractivity contribution in [1.82, 2.24) is 5.32 Å². The van der Waals surface area contributed by atoms with Crippen molar-refractivity contribution in [1.29, 1.82) is 0 Å². The first-order valence-electron chi connectivity index (χ1n) is 5.79. The van der Waals surface area contributed by atoms with Gasteiger partial charge in [0.15, 0.2) is 0 Å². The second kappa shape index (κ2) is 7.12. The monoisotopic (exact) mass is 333 g/mol. The quantitative estimate of drug-likeness (QED) is 0.870. The first-order valence-corrected chi connectivity index (χ1v) is 6.96. The molecule has 3 nitrogen and oxygen atoms in total. The Labute approximate surface area is 121 Å². The highest BCUT2D eigenvalue weighted by Crippen LogP contribution is 2.21. The third-order valence-electron chi connectivity index (χ3n) is 2.64. The molecule has 1 aromatic rings. The zero-order chi connectivity index (χ0) is 13.7. The largest absolute Gasteiger partial charge is 0.391 e. The van der Waals surface area contributed by atoms with E-state index in [0.29, 0.717) is 5.02 Å². The number of benzene rings is 1. The van der Waals surface area contributed by atoms with Gasteiger partial charge in [0.2, 0.25) is 5.91 Å². The number of hydrogen-bond acceptors (Lipinski definition) is 2. The van der Waals surface area contributed by atoms with Gasteiger partial charge >= 0.3 is 0 Å². The van der Waals surface area contributed by atoms with Crippen molar-refractivity contribution in [3.8, 4) is 0 Å². The molecule has 18 heavy (non-hydrogen) atoms. The predicted molar refractivity (Wildman–Crippen MR) is 76.7 cm³/mol. The van der Waals surface area contributed by atoms with Crippen LogP contribution in [-0.2, 0) is 11.2 Å². The Hall–Kier alpha value is -0.580. The summed E-state index contributed by atoms with van der Waals surface area (Å²) in [6, 6.07) is 5.32. The van der Waals surface area contributed by atoms with Crippen LogP contribution in [0.15, 0.2) is 22.7 Å². The summed E-state index contributed by atoms with van der Waals surface area (Å²) in [6.07, 6.45) is -0.245. The highest BCUT2D eigenvalue weighted by Gasteiger charge is 2.12. The summed E-state index contributed by atoms with van der Waals surface area (Å²) in [7, 11) is 0. The van der Waals surface area contributed by atoms with Crippen LogP contribution in [0.3, 0.4) is 0 Å². The number of amides is 1. The maximum absolute atomic E-state index is 11.7. The van der Waals surface area contributed by atoms with E-state index >= 15 is 0 Å². The Morgan fingerprint density at radius 2 is 2.17 bits per heavy atom. The van der Waals surface area contributed by atoms with E-state index in [1.54, 1.807) is 12.1 Å². The molecule has 0 spiro atoms. The number of carbonyl (C=O) groups excluding carboxylic acids is 1. The summed E-state index contributed by atoms with van der Waals surface area (Å²) >= 11 is 9.19. The van der Waals surface area contributed by atoms with Gasteiger partial charge < -0.3 is 10.4 Å². The first-order chi connectivity index (χ1) is 8.40. The molecule has 100 valence electrons. The summed E-state index contributed by atoms with van der Waals surface area (Å²) < 4.78 is 0.814. The third-order valence-corrected chi connectivity index (χ3v) is 3.62. The van der Waals surface area contributed by atoms with Gasteiger partial charge in [-0.3, -0.25) is 4.79 Å². The Balaban J connectivity index is 2.50. The highest BCUT2D eigenvalue weighted by molar-refractivity contribution is 9.10. The standard InChI is InChI=1S/C13H17BrClNO2/c1-8(2)12(17)7-16-13(18)5-9-3-4-10(15)6-11(9)14/h3-4,6,8,12,17H,5,7H2,1-2H3,(H,16,18). The van der Waals surface area contributed by atoms with Gasteiger partial charge in [-0.1, -0.05) is 47.4 Å². The molecule has 0 fully saturated rings. The summed E-state index contributed by atoms with van der Waals surface area (Å²) in [6.45, 7) is 4.10. The topological polar surface area (TPSA) is 49.3 Å². The molecule has 1 rings (SSSR count). The Morgan fingerprint density at radius 1 is 1.50 bits per heavy atom. The van der Waals surface area contributed by atoms with Crippen LogP contribution in [0, 0.1) is 5.92 Å². The Kier molecular flexibility index (Phi) is 6.12. The van der Waals surface area contributed by atoms with Crippen molar-refractivity contribution in [3.05, 3.63) is 33.3 Å². The van der Waals surface area contributed by atoms with Crippen LogP contribution in [0.25, 0.3) is 0 Å². The van der Waals surface area contributed by atoms with Crippen LogP contribution in [0.5, 0.6) is 0 Å². The molecule has 1 amide bonds. The van der Waals surface area contributed by atoms with E-state index in [-0.39, 0.29) is 24.8 Å². The lowest BCUT2D eigenvalue weighted by Gasteiger charge is -2.15. The van der Waals surface area contributed by atoms with Crippen LogP contribution in [0.1, 0.15) is 19.4 Å². The lowest BCUT2D eigenvalue weighted by molar-refractivity contribution is -0.121. The third kappa shape index (κ3) is 4.96. The molecule has 0 aliphatic rings. The van der Waals surface area contributed by atoms with Crippen molar-refractivity contribution < 1.29 is 9.90 Å². The number of halogens is 2. The van der Waals surface area contributed by atoms with Crippen LogP contribution >= 0.6 is 27.5 Å². The molecule has 0 saturated carbocycles. The molecule has 0 aliphatic heterocycles. The van der Waals surface area contributed by atoms with Crippen LogP contribution < -0.4 is 5.32 Å². The maximum Gasteiger partial charge on any atom is 0.224 e. The van der Waals surface area contributed by atoms with Crippen molar-refractivity contribution >= 4 is 33.4 Å². The second-order valence-corrected chi connectivity index (χ2v) is 5.82. The minimum atomic E-state index is -0.511. The molecule has 2 N–H and O–H groups in total. The van der Waals surface area contributed by atoms with E-state index in [1.807, 2.05) is 19.9 Å². The number of rotatable bonds is 5. The number of hydrogen-bond donors (Lipinski definition) is 2. The molecule has 0 aliphatic carbocycles. The molecular weight excluding hydrogens is 318 g/mol. The van der Waals surface area contributed by atoms with Crippen molar-refractivity contribution in [2.75, 3.05) is 6.54 Å². The normalized spacial score (nSPS) is 12.6. The first kappa shape index (κ1) is 15.5. The highest BCUT2D eigenvalue weighted by atomic mass is 79.9. The molecule has 0 bridgehead atoms. The fraction of sp³-hybridized carbons (Fsp3) is 0.462. The molecule has 1 atom stereocenters. The minimum Gasteiger partial charge on any atom is -0.391 e. The van der Waals surface area contributed by atoms with E-state index in [0.717, 1.165) is 10.0 Å². The van der Waals surface area contributed by atoms with Gasteiger partial charge in [-0.25, -0.2) is 0 Å². The van der Waals surface area contributed by atoms with Crippen molar-refractivity contribution in [2.24, 2.45) is 5.92 Å². The molecule has 0 heterocycles. The zero-order valence-electron chi connectivity index (χ0n) is 10.4. The zero-order valence-corrected chi connectivity index (χ0v) is 12.8. The summed E-state index contributed by atoms with van der Waals surface area (Å²) in [5.74, 6) is 0.0188. The molecule has 5 heteroatoms. The van der Waals surface area contributed by atoms with Crippen LogP contribution in [0.4, 0.5) is 0 Å². The lowest BCUT2D eigenvalue weighted by Crippen LogP contribution is -2.35. The van der Waals surface area contributed by atoms with Gasteiger partial charge in [0.1, 0.15) is 0 Å². The van der Waals surface area contributed by atoms with Crippen molar-refractivity contribution in [3.63, 3.8) is 0 Å². The predicted octanol–water partition coefficient (Wildman–Crippen LogP) is 2.78.